The molecular weight excluding hydrogens is 279 g/mol. The Labute approximate surface area is 126 Å². The first-order chi connectivity index (χ1) is 9.22. The van der Waals surface area contributed by atoms with E-state index in [-0.39, 0.29) is 18.2 Å². The van der Waals surface area contributed by atoms with E-state index in [0.717, 1.165) is 38.0 Å². The second-order valence-corrected chi connectivity index (χ2v) is 5.04. The molecule has 3 nitrogen and oxygen atoms in total. The van der Waals surface area contributed by atoms with Crippen molar-refractivity contribution in [2.45, 2.75) is 32.4 Å². The Morgan fingerprint density at radius 2 is 2.05 bits per heavy atom. The van der Waals surface area contributed by atoms with Crippen LogP contribution in [0.3, 0.4) is 0 Å². The van der Waals surface area contributed by atoms with Gasteiger partial charge in [-0.3, -0.25) is 4.90 Å². The van der Waals surface area contributed by atoms with Gasteiger partial charge in [-0.05, 0) is 57.6 Å². The third-order valence-corrected chi connectivity index (χ3v) is 3.70. The molecule has 1 fully saturated rings. The number of piperidine rings is 1. The molecule has 2 rings (SSSR count). The maximum atomic E-state index is 13.8. The lowest BCUT2D eigenvalue weighted by molar-refractivity contribution is 0.194. The quantitative estimate of drug-likeness (QED) is 0.905. The fourth-order valence-electron chi connectivity index (χ4n) is 2.55. The number of nitrogens with zero attached hydrogens (tertiary/aromatic N) is 1. The lowest BCUT2D eigenvalue weighted by Crippen LogP contribution is -2.40. The standard InChI is InChI=1S/C15H23FN2O.ClH/c1-3-19-15-5-4-12(10-14(15)16)11-18-8-6-13(17-2)7-9-18;/h4-5,10,13,17H,3,6-9,11H2,1-2H3;1H. The number of nitrogens with one attached hydrogen (secondary N) is 1. The van der Waals surface area contributed by atoms with Crippen molar-refractivity contribution in [1.82, 2.24) is 10.2 Å². The lowest BCUT2D eigenvalue weighted by atomic mass is 10.0. The van der Waals surface area contributed by atoms with Crippen molar-refractivity contribution < 1.29 is 9.13 Å². The predicted octanol–water partition coefficient (Wildman–Crippen LogP) is 2.83. The number of hydrogen-bond acceptors (Lipinski definition) is 3. The molecule has 0 spiro atoms. The zero-order valence-electron chi connectivity index (χ0n) is 12.2. The average molecular weight is 303 g/mol. The number of ether oxygens (including phenoxy) is 1. The minimum Gasteiger partial charge on any atom is -0.491 e. The van der Waals surface area contributed by atoms with Gasteiger partial charge < -0.3 is 10.1 Å². The number of likely N-dealkylation sites (tertiary alicyclic amines) is 1. The topological polar surface area (TPSA) is 24.5 Å². The second-order valence-electron chi connectivity index (χ2n) is 5.04. The van der Waals surface area contributed by atoms with E-state index in [9.17, 15) is 4.39 Å². The summed E-state index contributed by atoms with van der Waals surface area (Å²) in [5.41, 5.74) is 1.02. The minimum absolute atomic E-state index is 0. The van der Waals surface area contributed by atoms with Gasteiger partial charge in [-0.2, -0.15) is 0 Å². The fraction of sp³-hybridized carbons (Fsp3) is 0.600. The van der Waals surface area contributed by atoms with Crippen LogP contribution in [-0.4, -0.2) is 37.7 Å². The third-order valence-electron chi connectivity index (χ3n) is 3.70. The number of halogens is 2. The second kappa shape index (κ2) is 8.45. The van der Waals surface area contributed by atoms with Gasteiger partial charge in [0.15, 0.2) is 11.6 Å². The molecule has 1 aliphatic heterocycles. The summed E-state index contributed by atoms with van der Waals surface area (Å²) in [6, 6.07) is 5.91. The molecular formula is C15H24ClFN2O. The van der Waals surface area contributed by atoms with Crippen molar-refractivity contribution >= 4 is 12.4 Å². The first kappa shape index (κ1) is 17.2. The van der Waals surface area contributed by atoms with Gasteiger partial charge in [0.05, 0.1) is 6.61 Å². The molecule has 20 heavy (non-hydrogen) atoms. The third kappa shape index (κ3) is 4.62. The molecule has 0 aliphatic carbocycles. The van der Waals surface area contributed by atoms with Gasteiger partial charge in [0.1, 0.15) is 0 Å². The maximum absolute atomic E-state index is 13.8. The van der Waals surface area contributed by atoms with Crippen molar-refractivity contribution in [2.24, 2.45) is 0 Å². The molecule has 0 amide bonds. The highest BCUT2D eigenvalue weighted by Gasteiger charge is 2.18. The van der Waals surface area contributed by atoms with Gasteiger partial charge in [0, 0.05) is 12.6 Å². The van der Waals surface area contributed by atoms with Crippen molar-refractivity contribution in [1.29, 1.82) is 0 Å². The summed E-state index contributed by atoms with van der Waals surface area (Å²) >= 11 is 0. The zero-order chi connectivity index (χ0) is 13.7. The van der Waals surface area contributed by atoms with Gasteiger partial charge in [0.25, 0.3) is 0 Å². The molecule has 0 unspecified atom stereocenters. The first-order valence-corrected chi connectivity index (χ1v) is 7.03. The number of rotatable bonds is 5. The van der Waals surface area contributed by atoms with E-state index < -0.39 is 0 Å². The van der Waals surface area contributed by atoms with E-state index in [0.29, 0.717) is 18.4 Å². The summed E-state index contributed by atoms with van der Waals surface area (Å²) in [7, 11) is 2.02. The van der Waals surface area contributed by atoms with Crippen LogP contribution < -0.4 is 10.1 Å². The van der Waals surface area contributed by atoms with E-state index in [4.69, 9.17) is 4.74 Å². The highest BCUT2D eigenvalue weighted by molar-refractivity contribution is 5.85. The van der Waals surface area contributed by atoms with Crippen molar-refractivity contribution in [2.75, 3.05) is 26.7 Å². The Hall–Kier alpha value is -0.840. The van der Waals surface area contributed by atoms with E-state index in [1.165, 1.54) is 0 Å². The molecule has 1 aliphatic rings. The smallest absolute Gasteiger partial charge is 0.165 e. The van der Waals surface area contributed by atoms with Crippen LogP contribution in [0.2, 0.25) is 0 Å². The van der Waals surface area contributed by atoms with E-state index in [1.807, 2.05) is 20.0 Å². The molecule has 114 valence electrons. The molecule has 1 saturated heterocycles. The van der Waals surface area contributed by atoms with Gasteiger partial charge in [-0.25, -0.2) is 4.39 Å². The molecule has 5 heteroatoms. The molecule has 0 bridgehead atoms. The molecule has 0 atom stereocenters. The summed E-state index contributed by atoms with van der Waals surface area (Å²) < 4.78 is 19.0. The Morgan fingerprint density at radius 3 is 2.60 bits per heavy atom. The Kier molecular flexibility index (Phi) is 7.27. The number of hydrogen-bond donors (Lipinski definition) is 1. The molecule has 1 heterocycles. The van der Waals surface area contributed by atoms with Crippen LogP contribution in [0.1, 0.15) is 25.3 Å². The lowest BCUT2D eigenvalue weighted by Gasteiger charge is -2.31. The molecule has 0 saturated carbocycles. The normalized spacial score (nSPS) is 16.8. The molecule has 1 N–H and O–H groups in total. The van der Waals surface area contributed by atoms with Crippen molar-refractivity contribution in [3.05, 3.63) is 29.6 Å². The SMILES string of the molecule is CCOc1ccc(CN2CCC(NC)CC2)cc1F.Cl. The van der Waals surface area contributed by atoms with E-state index >= 15 is 0 Å². The van der Waals surface area contributed by atoms with Gasteiger partial charge in [0.2, 0.25) is 0 Å². The Balaban J connectivity index is 0.00000200. The minimum atomic E-state index is -0.260. The summed E-state index contributed by atoms with van der Waals surface area (Å²) in [5.74, 6) is 0.0876. The first-order valence-electron chi connectivity index (χ1n) is 7.03. The van der Waals surface area contributed by atoms with Crippen LogP contribution in [-0.2, 0) is 6.54 Å². The maximum Gasteiger partial charge on any atom is 0.165 e. The van der Waals surface area contributed by atoms with Gasteiger partial charge in [-0.1, -0.05) is 6.07 Å². The monoisotopic (exact) mass is 302 g/mol. The Morgan fingerprint density at radius 1 is 1.35 bits per heavy atom. The largest absolute Gasteiger partial charge is 0.491 e. The summed E-state index contributed by atoms with van der Waals surface area (Å²) in [6.45, 7) is 5.31. The summed E-state index contributed by atoms with van der Waals surface area (Å²) in [5, 5.41) is 3.32. The molecule has 0 aromatic heterocycles. The summed E-state index contributed by atoms with van der Waals surface area (Å²) in [6.07, 6.45) is 2.33. The average Bonchev–Trinajstić information content (AvgIpc) is 2.43. The van der Waals surface area contributed by atoms with Crippen LogP contribution >= 0.6 is 12.4 Å². The zero-order valence-corrected chi connectivity index (χ0v) is 13.0. The van der Waals surface area contributed by atoms with Crippen molar-refractivity contribution in [3.63, 3.8) is 0 Å². The highest BCUT2D eigenvalue weighted by atomic mass is 35.5. The fourth-order valence-corrected chi connectivity index (χ4v) is 2.55. The van der Waals surface area contributed by atoms with E-state index in [1.54, 1.807) is 12.1 Å². The van der Waals surface area contributed by atoms with Crippen LogP contribution in [0, 0.1) is 5.82 Å². The van der Waals surface area contributed by atoms with Gasteiger partial charge in [-0.15, -0.1) is 12.4 Å². The predicted molar refractivity (Wildman–Crippen MR) is 82.2 cm³/mol. The number of benzene rings is 1. The molecule has 0 radical (unpaired) electrons. The van der Waals surface area contributed by atoms with Crippen LogP contribution in [0.4, 0.5) is 4.39 Å². The Bertz CT molecular complexity index is 409. The van der Waals surface area contributed by atoms with Crippen molar-refractivity contribution in [3.8, 4) is 5.75 Å². The van der Waals surface area contributed by atoms with Crippen LogP contribution in [0.15, 0.2) is 18.2 Å². The summed E-state index contributed by atoms with van der Waals surface area (Å²) in [4.78, 5) is 2.38. The van der Waals surface area contributed by atoms with Crippen LogP contribution in [0.25, 0.3) is 0 Å². The molecule has 1 aromatic carbocycles. The van der Waals surface area contributed by atoms with Crippen LogP contribution in [0.5, 0.6) is 5.75 Å². The van der Waals surface area contributed by atoms with E-state index in [2.05, 4.69) is 10.2 Å². The molecule has 1 aromatic rings. The highest BCUT2D eigenvalue weighted by Crippen LogP contribution is 2.20. The van der Waals surface area contributed by atoms with Gasteiger partial charge >= 0.3 is 0 Å².